The summed E-state index contributed by atoms with van der Waals surface area (Å²) in [5, 5.41) is 10.4. The van der Waals surface area contributed by atoms with E-state index in [0.717, 1.165) is 35.2 Å². The molecule has 0 aromatic carbocycles. The maximum Gasteiger partial charge on any atom is 0.177 e. The minimum atomic E-state index is -0.663. The first-order valence-corrected chi connectivity index (χ1v) is 9.80. The maximum atomic E-state index is 13.5. The van der Waals surface area contributed by atoms with Gasteiger partial charge in [-0.05, 0) is 57.5 Å². The lowest BCUT2D eigenvalue weighted by Gasteiger charge is -2.27. The van der Waals surface area contributed by atoms with Crippen molar-refractivity contribution in [1.82, 2.24) is 14.3 Å². The summed E-state index contributed by atoms with van der Waals surface area (Å²) < 4.78 is 1.94. The highest BCUT2D eigenvalue weighted by molar-refractivity contribution is 6.27. The van der Waals surface area contributed by atoms with Crippen molar-refractivity contribution in [2.45, 2.75) is 31.8 Å². The number of aliphatic hydroxyl groups is 1. The Balaban J connectivity index is 1.76. The van der Waals surface area contributed by atoms with Crippen LogP contribution < -0.4 is 0 Å². The minimum Gasteiger partial charge on any atom is -0.385 e. The van der Waals surface area contributed by atoms with Gasteiger partial charge < -0.3 is 14.4 Å². The third-order valence-corrected chi connectivity index (χ3v) is 6.28. The van der Waals surface area contributed by atoms with Gasteiger partial charge in [0.1, 0.15) is 0 Å². The van der Waals surface area contributed by atoms with Gasteiger partial charge in [0.2, 0.25) is 0 Å². The first-order valence-electron chi connectivity index (χ1n) is 9.80. The standard InChI is InChI=1S/C22H23N3O3/c1-24(2)9-8-14-21(27)15-10-23-11-25-16-7-6-12-13(4-3-5-17(12)26)18(16)19(20(15)25)22(14)28/h3,5,10-11,14,17,26H,4,6-9H2,1-2H3. The van der Waals surface area contributed by atoms with E-state index in [1.54, 1.807) is 12.5 Å². The van der Waals surface area contributed by atoms with Crippen LogP contribution in [0.2, 0.25) is 0 Å². The van der Waals surface area contributed by atoms with E-state index < -0.39 is 12.0 Å². The van der Waals surface area contributed by atoms with Crippen LogP contribution in [-0.4, -0.2) is 57.7 Å². The van der Waals surface area contributed by atoms with Crippen LogP contribution in [0.4, 0.5) is 0 Å². The van der Waals surface area contributed by atoms with Crippen molar-refractivity contribution in [3.63, 3.8) is 0 Å². The van der Waals surface area contributed by atoms with Crippen LogP contribution in [-0.2, 0) is 6.42 Å². The first kappa shape index (κ1) is 17.5. The summed E-state index contributed by atoms with van der Waals surface area (Å²) in [6.45, 7) is 0.673. The number of carbonyl (C=O) groups is 2. The molecule has 0 bridgehead atoms. The average Bonchev–Trinajstić information content (AvgIpc) is 3.02. The van der Waals surface area contributed by atoms with Crippen molar-refractivity contribution in [3.05, 3.63) is 52.6 Å². The Morgan fingerprint density at radius 3 is 2.82 bits per heavy atom. The Labute approximate surface area is 163 Å². The van der Waals surface area contributed by atoms with Crippen molar-refractivity contribution in [2.75, 3.05) is 20.6 Å². The van der Waals surface area contributed by atoms with Crippen LogP contribution in [0.15, 0.2) is 30.2 Å². The minimum absolute atomic E-state index is 0.0814. The van der Waals surface area contributed by atoms with Crippen LogP contribution in [0.5, 0.6) is 0 Å². The van der Waals surface area contributed by atoms with E-state index in [4.69, 9.17) is 0 Å². The Hall–Kier alpha value is -2.57. The lowest BCUT2D eigenvalue weighted by Crippen LogP contribution is -2.32. The number of rotatable bonds is 3. The fourth-order valence-electron chi connectivity index (χ4n) is 4.94. The van der Waals surface area contributed by atoms with Gasteiger partial charge in [0.15, 0.2) is 11.6 Å². The molecule has 0 radical (unpaired) electrons. The largest absolute Gasteiger partial charge is 0.385 e. The topological polar surface area (TPSA) is 74.9 Å². The number of carbonyl (C=O) groups excluding carboxylic acids is 2. The highest BCUT2D eigenvalue weighted by Gasteiger charge is 2.42. The number of Topliss-reactive ketones (excluding diaryl/α,β-unsaturated/α-hetero) is 2. The van der Waals surface area contributed by atoms with Gasteiger partial charge in [0.25, 0.3) is 0 Å². The molecular formula is C22H23N3O3. The van der Waals surface area contributed by atoms with Crippen LogP contribution in [0.1, 0.15) is 51.2 Å². The molecule has 3 aliphatic rings. The monoisotopic (exact) mass is 377 g/mol. The number of fused-ring (bicyclic) bond motifs is 4. The molecule has 6 heteroatoms. The number of hydrogen-bond acceptors (Lipinski definition) is 5. The summed E-state index contributed by atoms with van der Waals surface area (Å²) in [6, 6.07) is 0. The fraction of sp³-hybridized carbons (Fsp3) is 0.409. The Morgan fingerprint density at radius 1 is 1.21 bits per heavy atom. The zero-order valence-corrected chi connectivity index (χ0v) is 16.1. The molecule has 0 saturated heterocycles. The first-order chi connectivity index (χ1) is 13.5. The molecule has 28 heavy (non-hydrogen) atoms. The van der Waals surface area contributed by atoms with Gasteiger partial charge in [-0.25, -0.2) is 4.98 Å². The second-order valence-corrected chi connectivity index (χ2v) is 8.18. The Bertz CT molecular complexity index is 1090. The molecule has 0 amide bonds. The summed E-state index contributed by atoms with van der Waals surface area (Å²) in [5.41, 5.74) is 5.94. The molecule has 6 nitrogen and oxygen atoms in total. The molecule has 5 rings (SSSR count). The quantitative estimate of drug-likeness (QED) is 0.656. The highest BCUT2D eigenvalue weighted by atomic mass is 16.3. The number of aryl methyl sites for hydroxylation is 1. The number of aromatic nitrogens is 2. The van der Waals surface area contributed by atoms with Crippen molar-refractivity contribution >= 4 is 22.7 Å². The summed E-state index contributed by atoms with van der Waals surface area (Å²) in [6.07, 6.45) is 9.21. The molecule has 1 N–H and O–H groups in total. The fourth-order valence-corrected chi connectivity index (χ4v) is 4.94. The highest BCUT2D eigenvalue weighted by Crippen LogP contribution is 2.45. The third-order valence-electron chi connectivity index (χ3n) is 6.28. The SMILES string of the molecule is CN(C)CCC1C(=O)c2cncn3c4c(c(c23)C1=O)C1=C(CC4)C(O)C=CC1. The van der Waals surface area contributed by atoms with Crippen LogP contribution in [0.25, 0.3) is 11.1 Å². The van der Waals surface area contributed by atoms with E-state index in [9.17, 15) is 14.7 Å². The Kier molecular flexibility index (Phi) is 3.89. The molecule has 2 aromatic heterocycles. The Morgan fingerprint density at radius 2 is 2.04 bits per heavy atom. The van der Waals surface area contributed by atoms with Gasteiger partial charge in [-0.3, -0.25) is 9.59 Å². The molecule has 0 fully saturated rings. The van der Waals surface area contributed by atoms with E-state index in [2.05, 4.69) is 4.98 Å². The van der Waals surface area contributed by atoms with Gasteiger partial charge in [0, 0.05) is 17.5 Å². The van der Waals surface area contributed by atoms with E-state index in [1.165, 1.54) is 0 Å². The number of ketones is 2. The molecule has 0 aliphatic heterocycles. The van der Waals surface area contributed by atoms with Gasteiger partial charge in [-0.2, -0.15) is 0 Å². The van der Waals surface area contributed by atoms with Crippen molar-refractivity contribution in [2.24, 2.45) is 5.92 Å². The molecule has 144 valence electrons. The summed E-state index contributed by atoms with van der Waals surface area (Å²) in [5.74, 6) is -0.864. The number of hydrogen-bond donors (Lipinski definition) is 1. The van der Waals surface area contributed by atoms with E-state index in [1.807, 2.05) is 35.5 Å². The van der Waals surface area contributed by atoms with Crippen molar-refractivity contribution < 1.29 is 14.7 Å². The third kappa shape index (κ3) is 2.31. The lowest BCUT2D eigenvalue weighted by molar-refractivity contribution is 0.0787. The average molecular weight is 377 g/mol. The molecule has 2 unspecified atom stereocenters. The summed E-state index contributed by atoms with van der Waals surface area (Å²) in [4.78, 5) is 33.0. The van der Waals surface area contributed by atoms with E-state index in [0.29, 0.717) is 36.0 Å². The van der Waals surface area contributed by atoms with Crippen LogP contribution in [0.3, 0.4) is 0 Å². The number of nitrogens with zero attached hydrogens (tertiary/aromatic N) is 3. The van der Waals surface area contributed by atoms with Crippen LogP contribution >= 0.6 is 0 Å². The normalized spacial score (nSPS) is 23.6. The van der Waals surface area contributed by atoms with Gasteiger partial charge in [-0.1, -0.05) is 12.2 Å². The molecule has 2 atom stereocenters. The van der Waals surface area contributed by atoms with Crippen molar-refractivity contribution in [3.8, 4) is 0 Å². The molecule has 2 aromatic rings. The van der Waals surface area contributed by atoms with Crippen LogP contribution in [0, 0.1) is 5.92 Å². The van der Waals surface area contributed by atoms with E-state index >= 15 is 0 Å². The number of allylic oxidation sites excluding steroid dienone is 2. The molecule has 0 saturated carbocycles. The summed E-state index contributed by atoms with van der Waals surface area (Å²) >= 11 is 0. The second-order valence-electron chi connectivity index (χ2n) is 8.18. The summed E-state index contributed by atoms with van der Waals surface area (Å²) in [7, 11) is 3.89. The maximum absolute atomic E-state index is 13.5. The molecular weight excluding hydrogens is 354 g/mol. The molecule has 2 heterocycles. The van der Waals surface area contributed by atoms with Gasteiger partial charge in [-0.15, -0.1) is 0 Å². The zero-order valence-electron chi connectivity index (χ0n) is 16.1. The predicted molar refractivity (Wildman–Crippen MR) is 106 cm³/mol. The van der Waals surface area contributed by atoms with Crippen molar-refractivity contribution in [1.29, 1.82) is 0 Å². The van der Waals surface area contributed by atoms with E-state index in [-0.39, 0.29) is 11.6 Å². The molecule has 3 aliphatic carbocycles. The van der Waals surface area contributed by atoms with Gasteiger partial charge in [0.05, 0.1) is 35.0 Å². The lowest BCUT2D eigenvalue weighted by atomic mass is 9.76. The second kappa shape index (κ2) is 6.22. The molecule has 0 spiro atoms. The smallest absolute Gasteiger partial charge is 0.177 e. The zero-order chi connectivity index (χ0) is 19.6. The predicted octanol–water partition coefficient (Wildman–Crippen LogP) is 2.30. The van der Waals surface area contributed by atoms with Gasteiger partial charge >= 0.3 is 0 Å². The number of aliphatic hydroxyl groups excluding tert-OH is 1.